The normalized spacial score (nSPS) is 9.60. The Morgan fingerprint density at radius 3 is 1.81 bits per heavy atom. The molecule has 11 heteroatoms. The van der Waals surface area contributed by atoms with E-state index < -0.39 is 6.09 Å². The van der Waals surface area contributed by atoms with E-state index in [9.17, 15) is 24.0 Å². The molecule has 2 amide bonds. The molecule has 0 radical (unpaired) electrons. The summed E-state index contributed by atoms with van der Waals surface area (Å²) in [6.45, 7) is 1.95. The number of carbonyl (C=O) groups excluding carboxylic acids is 5. The Kier molecular flexibility index (Phi) is 34.5. The Hall–Kier alpha value is -3.08. The number of nitrogens with one attached hydrogen (secondary N) is 1. The average molecular weight is 628 g/mol. The van der Waals surface area contributed by atoms with Crippen LogP contribution >= 0.6 is 12.4 Å². The number of carbonyl (C=O) groups is 5. The van der Waals surface area contributed by atoms with E-state index in [4.69, 9.17) is 23.3 Å². The third kappa shape index (κ3) is 33.3. The lowest BCUT2D eigenvalue weighted by atomic mass is 10.1. The molecule has 10 nitrogen and oxygen atoms in total. The van der Waals surface area contributed by atoms with E-state index in [1.807, 2.05) is 0 Å². The van der Waals surface area contributed by atoms with E-state index in [1.165, 1.54) is 7.11 Å². The van der Waals surface area contributed by atoms with Crippen LogP contribution in [0.2, 0.25) is 0 Å². The molecule has 0 spiro atoms. The summed E-state index contributed by atoms with van der Waals surface area (Å²) in [4.78, 5) is 58.7. The maximum absolute atomic E-state index is 12.0. The van der Waals surface area contributed by atoms with Gasteiger partial charge in [0.2, 0.25) is 5.91 Å². The van der Waals surface area contributed by atoms with E-state index in [2.05, 4.69) is 21.9 Å². The predicted octanol–water partition coefficient (Wildman–Crippen LogP) is 4.75. The first kappa shape index (κ1) is 44.4. The van der Waals surface area contributed by atoms with Crippen LogP contribution in [0.4, 0.5) is 4.79 Å². The van der Waals surface area contributed by atoms with Gasteiger partial charge in [-0.25, -0.2) is 4.79 Å². The SMILES string of the molecule is C#CCCC(=O)CCCCCN.C#CCCC(=O)CCCCCNC(=O)OCCCN(C)C(=O)CCCCC(=O)OC.Cl. The highest BCUT2D eigenvalue weighted by atomic mass is 35.5. The van der Waals surface area contributed by atoms with Gasteiger partial charge in [0.1, 0.15) is 11.6 Å². The summed E-state index contributed by atoms with van der Waals surface area (Å²) < 4.78 is 9.64. The number of unbranched alkanes of at least 4 members (excludes halogenated alkanes) is 5. The monoisotopic (exact) mass is 627 g/mol. The van der Waals surface area contributed by atoms with Gasteiger partial charge in [-0.1, -0.05) is 12.8 Å². The van der Waals surface area contributed by atoms with Gasteiger partial charge in [-0.05, 0) is 51.5 Å². The lowest BCUT2D eigenvalue weighted by Crippen LogP contribution is -2.29. The van der Waals surface area contributed by atoms with Gasteiger partial charge in [-0.2, -0.15) is 0 Å². The van der Waals surface area contributed by atoms with Crippen LogP contribution in [0.25, 0.3) is 0 Å². The van der Waals surface area contributed by atoms with E-state index in [1.54, 1.807) is 11.9 Å². The fraction of sp³-hybridized carbons (Fsp3) is 0.719. The van der Waals surface area contributed by atoms with Crippen molar-refractivity contribution in [2.75, 3.05) is 40.4 Å². The van der Waals surface area contributed by atoms with Crippen LogP contribution in [-0.4, -0.2) is 74.8 Å². The summed E-state index contributed by atoms with van der Waals surface area (Å²) in [5.74, 6) is 5.12. The van der Waals surface area contributed by atoms with Crippen LogP contribution in [0.3, 0.4) is 0 Å². The van der Waals surface area contributed by atoms with Crippen LogP contribution < -0.4 is 11.1 Å². The summed E-state index contributed by atoms with van der Waals surface area (Å²) in [6, 6.07) is 0. The maximum Gasteiger partial charge on any atom is 0.407 e. The number of amides is 2. The lowest BCUT2D eigenvalue weighted by molar-refractivity contribution is -0.141. The van der Waals surface area contributed by atoms with Crippen molar-refractivity contribution in [3.8, 4) is 24.7 Å². The highest BCUT2D eigenvalue weighted by molar-refractivity contribution is 5.85. The zero-order valence-electron chi connectivity index (χ0n) is 26.3. The van der Waals surface area contributed by atoms with Crippen molar-refractivity contribution >= 4 is 41.9 Å². The van der Waals surface area contributed by atoms with Crippen molar-refractivity contribution in [1.29, 1.82) is 0 Å². The number of Topliss-reactive ketones (excluding diaryl/α,β-unsaturated/α-hetero) is 2. The summed E-state index contributed by atoms with van der Waals surface area (Å²) in [5.41, 5.74) is 5.31. The number of hydrogen-bond donors (Lipinski definition) is 2. The molecule has 0 heterocycles. The third-order valence-corrected chi connectivity index (χ3v) is 6.20. The number of nitrogens with zero attached hydrogens (tertiary/aromatic N) is 1. The fourth-order valence-electron chi connectivity index (χ4n) is 3.61. The fourth-order valence-corrected chi connectivity index (χ4v) is 3.61. The molecule has 43 heavy (non-hydrogen) atoms. The quantitative estimate of drug-likeness (QED) is 0.0886. The molecule has 0 saturated carbocycles. The first-order valence-electron chi connectivity index (χ1n) is 15.0. The summed E-state index contributed by atoms with van der Waals surface area (Å²) in [7, 11) is 3.05. The number of alkyl carbamates (subject to hydrolysis) is 1. The van der Waals surface area contributed by atoms with Crippen molar-refractivity contribution < 1.29 is 33.4 Å². The largest absolute Gasteiger partial charge is 0.469 e. The standard InChI is InChI=1S/C22H36N2O6.C10H17NO.ClH/c1-4-5-12-19(25)13-7-6-10-16-23-22(28)30-18-11-17-24(2)20(26)14-8-9-15-21(27)29-3;1-2-3-7-10(12)8-5-4-6-9-11;/h1H,5-18H2,2-3H3,(H,23,28);1H,3-9,11H2;1H. The second-order valence-corrected chi connectivity index (χ2v) is 9.91. The van der Waals surface area contributed by atoms with Crippen LogP contribution in [0.5, 0.6) is 0 Å². The van der Waals surface area contributed by atoms with Crippen LogP contribution in [0, 0.1) is 24.7 Å². The van der Waals surface area contributed by atoms with Gasteiger partial charge < -0.3 is 25.4 Å². The molecule has 0 aliphatic rings. The molecule has 0 aromatic heterocycles. The van der Waals surface area contributed by atoms with Gasteiger partial charge in [0.25, 0.3) is 0 Å². The van der Waals surface area contributed by atoms with Gasteiger partial charge in [-0.3, -0.25) is 19.2 Å². The number of hydrogen-bond acceptors (Lipinski definition) is 8. The van der Waals surface area contributed by atoms with E-state index >= 15 is 0 Å². The number of rotatable bonds is 24. The molecular formula is C32H54ClN3O7. The predicted molar refractivity (Wildman–Crippen MR) is 171 cm³/mol. The van der Waals surface area contributed by atoms with Crippen LogP contribution in [0.1, 0.15) is 109 Å². The smallest absolute Gasteiger partial charge is 0.407 e. The van der Waals surface area contributed by atoms with Gasteiger partial charge in [0.15, 0.2) is 0 Å². The second-order valence-electron chi connectivity index (χ2n) is 9.91. The Morgan fingerprint density at radius 1 is 0.744 bits per heavy atom. The molecule has 0 saturated heterocycles. The van der Waals surface area contributed by atoms with Gasteiger partial charge in [0.05, 0.1) is 13.7 Å². The van der Waals surface area contributed by atoms with E-state index in [0.29, 0.717) is 83.7 Å². The van der Waals surface area contributed by atoms with Gasteiger partial charge in [-0.15, -0.1) is 37.1 Å². The van der Waals surface area contributed by atoms with Crippen molar-refractivity contribution in [3.05, 3.63) is 0 Å². The van der Waals surface area contributed by atoms with Crippen molar-refractivity contribution in [1.82, 2.24) is 10.2 Å². The number of nitrogens with two attached hydrogens (primary N) is 1. The second kappa shape index (κ2) is 33.4. The minimum absolute atomic E-state index is 0. The van der Waals surface area contributed by atoms with Crippen molar-refractivity contribution in [2.45, 2.75) is 109 Å². The topological polar surface area (TPSA) is 145 Å². The van der Waals surface area contributed by atoms with Crippen LogP contribution in [-0.2, 0) is 28.7 Å². The first-order chi connectivity index (χ1) is 20.2. The highest BCUT2D eigenvalue weighted by Gasteiger charge is 2.10. The van der Waals surface area contributed by atoms with Gasteiger partial charge in [0, 0.05) is 71.5 Å². The van der Waals surface area contributed by atoms with Gasteiger partial charge >= 0.3 is 12.1 Å². The molecule has 0 atom stereocenters. The zero-order chi connectivity index (χ0) is 31.8. The molecule has 0 aliphatic heterocycles. The number of ketones is 2. The molecule has 0 fully saturated rings. The molecule has 0 aromatic rings. The molecular weight excluding hydrogens is 574 g/mol. The van der Waals surface area contributed by atoms with Crippen molar-refractivity contribution in [2.24, 2.45) is 5.73 Å². The Bertz CT molecular complexity index is 853. The lowest BCUT2D eigenvalue weighted by Gasteiger charge is -2.17. The molecule has 0 aliphatic carbocycles. The number of esters is 1. The number of terminal acetylenes is 2. The maximum atomic E-state index is 12.0. The van der Waals surface area contributed by atoms with Crippen LogP contribution in [0.15, 0.2) is 0 Å². The zero-order valence-corrected chi connectivity index (χ0v) is 27.1. The molecule has 246 valence electrons. The Balaban J connectivity index is -0.00000103. The number of ether oxygens (including phenoxy) is 2. The first-order valence-corrected chi connectivity index (χ1v) is 15.0. The Morgan fingerprint density at radius 2 is 1.28 bits per heavy atom. The molecule has 0 unspecified atom stereocenters. The molecule has 0 rings (SSSR count). The van der Waals surface area contributed by atoms with E-state index in [0.717, 1.165) is 45.1 Å². The molecule has 3 N–H and O–H groups in total. The molecule has 0 aromatic carbocycles. The van der Waals surface area contributed by atoms with Crippen molar-refractivity contribution in [3.63, 3.8) is 0 Å². The van der Waals surface area contributed by atoms with E-state index in [-0.39, 0.29) is 42.5 Å². The Labute approximate surface area is 265 Å². The highest BCUT2D eigenvalue weighted by Crippen LogP contribution is 2.05. The number of methoxy groups -OCH3 is 1. The average Bonchev–Trinajstić information content (AvgIpc) is 2.99. The minimum atomic E-state index is -0.475. The summed E-state index contributed by atoms with van der Waals surface area (Å²) in [6.07, 6.45) is 20.9. The third-order valence-electron chi connectivity index (χ3n) is 6.20. The minimum Gasteiger partial charge on any atom is -0.469 e. The summed E-state index contributed by atoms with van der Waals surface area (Å²) in [5, 5.41) is 2.67. The molecule has 0 bridgehead atoms. The summed E-state index contributed by atoms with van der Waals surface area (Å²) >= 11 is 0. The number of halogens is 1.